The van der Waals surface area contributed by atoms with Gasteiger partial charge in [0.05, 0.1) is 0 Å². The van der Waals surface area contributed by atoms with Crippen LogP contribution in [0.3, 0.4) is 0 Å². The number of halogens is 1. The molecular weight excluding hydrogens is 127 g/mol. The third-order valence-electron chi connectivity index (χ3n) is 1.77. The van der Waals surface area contributed by atoms with Crippen LogP contribution in [0.5, 0.6) is 0 Å². The molecule has 0 N–H and O–H groups in total. The van der Waals surface area contributed by atoms with E-state index in [0.29, 0.717) is 5.92 Å². The van der Waals surface area contributed by atoms with Crippen LogP contribution in [0, 0.1) is 12.2 Å². The molecule has 1 saturated carbocycles. The third-order valence-corrected chi connectivity index (χ3v) is 1.77. The maximum Gasteiger partial charge on any atom is 0.123 e. The van der Waals surface area contributed by atoms with Gasteiger partial charge in [0, 0.05) is 0 Å². The lowest BCUT2D eigenvalue weighted by Crippen LogP contribution is -1.78. The molecule has 0 saturated heterocycles. The Bertz CT molecular complexity index is 221. The van der Waals surface area contributed by atoms with E-state index in [0.717, 1.165) is 6.42 Å². The lowest BCUT2D eigenvalue weighted by molar-refractivity contribution is 0.627. The third kappa shape index (κ3) is 1.04. The molecule has 0 heterocycles. The van der Waals surface area contributed by atoms with Gasteiger partial charge in [-0.3, -0.25) is 0 Å². The summed E-state index contributed by atoms with van der Waals surface area (Å²) in [6.45, 7) is 0. The first kappa shape index (κ1) is 5.90. The Kier molecular flexibility index (Phi) is 1.23. The molecule has 0 aliphatic heterocycles. The lowest BCUT2D eigenvalue weighted by Gasteiger charge is -1.94. The monoisotopic (exact) mass is 135 g/mol. The quantitative estimate of drug-likeness (QED) is 0.555. The average Bonchev–Trinajstić information content (AvgIpc) is 2.71. The Balaban J connectivity index is 2.28. The van der Waals surface area contributed by atoms with Gasteiger partial charge in [-0.05, 0) is 36.5 Å². The minimum Gasteiger partial charge on any atom is -0.207 e. The second-order valence-electron chi connectivity index (χ2n) is 2.63. The summed E-state index contributed by atoms with van der Waals surface area (Å²) >= 11 is 0. The second kappa shape index (κ2) is 2.08. The van der Waals surface area contributed by atoms with E-state index >= 15 is 0 Å². The molecule has 1 aromatic carbocycles. The van der Waals surface area contributed by atoms with Crippen molar-refractivity contribution in [3.8, 4) is 0 Å². The maximum absolute atomic E-state index is 12.4. The second-order valence-corrected chi connectivity index (χ2v) is 2.63. The standard InChI is InChI=1S/C9H8F/c10-9-5-3-8(4-6-9)7-1-2-7/h1,3-7H,2H2. The fourth-order valence-corrected chi connectivity index (χ4v) is 1.05. The Morgan fingerprint density at radius 2 is 1.80 bits per heavy atom. The van der Waals surface area contributed by atoms with Crippen LogP contribution in [-0.2, 0) is 0 Å². The van der Waals surface area contributed by atoms with Crippen LogP contribution >= 0.6 is 0 Å². The smallest absolute Gasteiger partial charge is 0.123 e. The SMILES string of the molecule is Fc1ccc(C2[CH]C2)cc1. The fourth-order valence-electron chi connectivity index (χ4n) is 1.05. The molecule has 0 bridgehead atoms. The molecule has 2 rings (SSSR count). The average molecular weight is 135 g/mol. The van der Waals surface area contributed by atoms with Gasteiger partial charge in [-0.15, -0.1) is 0 Å². The molecule has 10 heavy (non-hydrogen) atoms. The highest BCUT2D eigenvalue weighted by Crippen LogP contribution is 2.38. The summed E-state index contributed by atoms with van der Waals surface area (Å²) in [5, 5.41) is 0. The van der Waals surface area contributed by atoms with Crippen molar-refractivity contribution >= 4 is 0 Å². The summed E-state index contributed by atoms with van der Waals surface area (Å²) in [6, 6.07) is 6.73. The van der Waals surface area contributed by atoms with Crippen LogP contribution < -0.4 is 0 Å². The van der Waals surface area contributed by atoms with E-state index in [4.69, 9.17) is 0 Å². The molecule has 0 nitrogen and oxygen atoms in total. The zero-order chi connectivity index (χ0) is 6.97. The summed E-state index contributed by atoms with van der Waals surface area (Å²) in [4.78, 5) is 0. The predicted molar refractivity (Wildman–Crippen MR) is 38.1 cm³/mol. The summed E-state index contributed by atoms with van der Waals surface area (Å²) < 4.78 is 12.4. The van der Waals surface area contributed by atoms with Gasteiger partial charge < -0.3 is 0 Å². The molecule has 1 radical (unpaired) electrons. The molecular formula is C9H8F. The number of hydrogen-bond acceptors (Lipinski definition) is 0. The molecule has 0 spiro atoms. The minimum absolute atomic E-state index is 0.149. The van der Waals surface area contributed by atoms with Crippen molar-refractivity contribution in [2.75, 3.05) is 0 Å². The number of hydrogen-bond donors (Lipinski definition) is 0. The highest BCUT2D eigenvalue weighted by molar-refractivity contribution is 5.29. The first-order chi connectivity index (χ1) is 4.86. The van der Waals surface area contributed by atoms with E-state index in [2.05, 4.69) is 6.42 Å². The van der Waals surface area contributed by atoms with E-state index in [-0.39, 0.29) is 5.82 Å². The molecule has 1 atom stereocenters. The van der Waals surface area contributed by atoms with Crippen LogP contribution in [0.15, 0.2) is 24.3 Å². The Hall–Kier alpha value is -0.850. The largest absolute Gasteiger partial charge is 0.207 e. The summed E-state index contributed by atoms with van der Waals surface area (Å²) in [5.74, 6) is 0.463. The van der Waals surface area contributed by atoms with Gasteiger partial charge in [0.2, 0.25) is 0 Å². The highest BCUT2D eigenvalue weighted by Gasteiger charge is 2.23. The zero-order valence-corrected chi connectivity index (χ0v) is 5.55. The molecule has 0 amide bonds. The first-order valence-corrected chi connectivity index (χ1v) is 3.45. The van der Waals surface area contributed by atoms with Crippen LogP contribution in [-0.4, -0.2) is 0 Å². The van der Waals surface area contributed by atoms with E-state index in [1.807, 2.05) is 12.1 Å². The molecule has 1 aromatic rings. The topological polar surface area (TPSA) is 0 Å². The van der Waals surface area contributed by atoms with Gasteiger partial charge >= 0.3 is 0 Å². The van der Waals surface area contributed by atoms with Crippen molar-refractivity contribution < 1.29 is 4.39 Å². The van der Waals surface area contributed by atoms with Crippen LogP contribution in [0.25, 0.3) is 0 Å². The van der Waals surface area contributed by atoms with Crippen molar-refractivity contribution in [2.45, 2.75) is 12.3 Å². The van der Waals surface area contributed by atoms with E-state index in [1.165, 1.54) is 17.7 Å². The Labute approximate surface area is 59.7 Å². The van der Waals surface area contributed by atoms with Crippen LogP contribution in [0.2, 0.25) is 0 Å². The normalized spacial score (nSPS) is 17.3. The van der Waals surface area contributed by atoms with Gasteiger partial charge in [-0.1, -0.05) is 12.1 Å². The number of rotatable bonds is 1. The predicted octanol–water partition coefficient (Wildman–Crippen LogP) is 2.52. The first-order valence-electron chi connectivity index (χ1n) is 3.45. The van der Waals surface area contributed by atoms with Crippen molar-refractivity contribution in [2.24, 2.45) is 0 Å². The lowest BCUT2D eigenvalue weighted by atomic mass is 10.1. The molecule has 1 aliphatic carbocycles. The van der Waals surface area contributed by atoms with Crippen LogP contribution in [0.4, 0.5) is 4.39 Å². The molecule has 51 valence electrons. The zero-order valence-electron chi connectivity index (χ0n) is 5.55. The Morgan fingerprint density at radius 1 is 1.20 bits per heavy atom. The van der Waals surface area contributed by atoms with E-state index in [9.17, 15) is 4.39 Å². The highest BCUT2D eigenvalue weighted by atomic mass is 19.1. The summed E-state index contributed by atoms with van der Waals surface area (Å²) in [5.41, 5.74) is 1.24. The van der Waals surface area contributed by atoms with E-state index < -0.39 is 0 Å². The van der Waals surface area contributed by atoms with Gasteiger partial charge in [-0.25, -0.2) is 4.39 Å². The van der Waals surface area contributed by atoms with Gasteiger partial charge in [0.15, 0.2) is 0 Å². The molecule has 0 aromatic heterocycles. The van der Waals surface area contributed by atoms with Crippen molar-refractivity contribution in [1.29, 1.82) is 0 Å². The summed E-state index contributed by atoms with van der Waals surface area (Å²) in [6.07, 6.45) is 3.37. The molecule has 1 heteroatoms. The van der Waals surface area contributed by atoms with Crippen molar-refractivity contribution in [3.63, 3.8) is 0 Å². The van der Waals surface area contributed by atoms with Gasteiger partial charge in [-0.2, -0.15) is 0 Å². The van der Waals surface area contributed by atoms with Gasteiger partial charge in [0.25, 0.3) is 0 Å². The Morgan fingerprint density at radius 3 is 2.30 bits per heavy atom. The molecule has 1 unspecified atom stereocenters. The van der Waals surface area contributed by atoms with Crippen LogP contribution in [0.1, 0.15) is 17.9 Å². The van der Waals surface area contributed by atoms with Crippen molar-refractivity contribution in [1.82, 2.24) is 0 Å². The fraction of sp³-hybridized carbons (Fsp3) is 0.222. The van der Waals surface area contributed by atoms with Gasteiger partial charge in [0.1, 0.15) is 5.82 Å². The maximum atomic E-state index is 12.4. The number of benzene rings is 1. The molecule has 1 aliphatic rings. The van der Waals surface area contributed by atoms with E-state index in [1.54, 1.807) is 0 Å². The van der Waals surface area contributed by atoms with Crippen molar-refractivity contribution in [3.05, 3.63) is 42.1 Å². The summed E-state index contributed by atoms with van der Waals surface area (Å²) in [7, 11) is 0. The molecule has 1 fully saturated rings. The minimum atomic E-state index is -0.149.